The van der Waals surface area contributed by atoms with Crippen molar-refractivity contribution in [1.29, 1.82) is 0 Å². The van der Waals surface area contributed by atoms with Crippen molar-refractivity contribution in [3.8, 4) is 0 Å². The minimum atomic E-state index is 0.112. The van der Waals surface area contributed by atoms with Gasteiger partial charge in [-0.15, -0.1) is 0 Å². The number of likely N-dealkylation sites (tertiary alicyclic amines) is 1. The number of nitrogens with zero attached hydrogens (tertiary/aromatic N) is 3. The van der Waals surface area contributed by atoms with E-state index >= 15 is 0 Å². The zero-order valence-corrected chi connectivity index (χ0v) is 13.5. The number of ether oxygens (including phenoxy) is 1. The molecule has 0 aromatic carbocycles. The van der Waals surface area contributed by atoms with Gasteiger partial charge in [-0.3, -0.25) is 9.78 Å². The second kappa shape index (κ2) is 8.68. The normalized spacial score (nSPS) is 18.8. The molecule has 1 fully saturated rings. The summed E-state index contributed by atoms with van der Waals surface area (Å²) in [5.41, 5.74) is 1.03. The van der Waals surface area contributed by atoms with Crippen LogP contribution in [-0.2, 0) is 16.0 Å². The molecule has 6 nitrogen and oxygen atoms in total. The van der Waals surface area contributed by atoms with E-state index in [9.17, 15) is 4.79 Å². The van der Waals surface area contributed by atoms with Crippen LogP contribution in [0.4, 0.5) is 5.82 Å². The van der Waals surface area contributed by atoms with Gasteiger partial charge in [0.15, 0.2) is 0 Å². The van der Waals surface area contributed by atoms with Gasteiger partial charge in [0, 0.05) is 26.7 Å². The first-order valence-corrected chi connectivity index (χ1v) is 8.07. The van der Waals surface area contributed by atoms with Gasteiger partial charge in [0.1, 0.15) is 12.4 Å². The van der Waals surface area contributed by atoms with Crippen molar-refractivity contribution >= 4 is 11.7 Å². The summed E-state index contributed by atoms with van der Waals surface area (Å²) < 4.78 is 5.22. The zero-order chi connectivity index (χ0) is 15.8. The first-order valence-electron chi connectivity index (χ1n) is 8.07. The van der Waals surface area contributed by atoms with Crippen LogP contribution in [0, 0.1) is 5.92 Å². The lowest BCUT2D eigenvalue weighted by Gasteiger charge is -2.20. The molecule has 6 heteroatoms. The van der Waals surface area contributed by atoms with Gasteiger partial charge in [0.2, 0.25) is 5.91 Å². The molecule has 2 rings (SSSR count). The molecule has 1 unspecified atom stereocenters. The van der Waals surface area contributed by atoms with Gasteiger partial charge in [-0.25, -0.2) is 4.98 Å². The fourth-order valence-corrected chi connectivity index (χ4v) is 2.78. The molecular weight excluding hydrogens is 280 g/mol. The molecule has 122 valence electrons. The number of carbonyl (C=O) groups excluding carboxylic acids is 1. The number of rotatable bonds is 6. The number of carbonyl (C=O) groups is 1. The highest BCUT2D eigenvalue weighted by atomic mass is 16.5. The topological polar surface area (TPSA) is 67.3 Å². The minimum Gasteiger partial charge on any atom is -0.372 e. The average molecular weight is 306 g/mol. The molecule has 1 aliphatic rings. The van der Waals surface area contributed by atoms with Crippen molar-refractivity contribution in [1.82, 2.24) is 14.9 Å². The Morgan fingerprint density at radius 3 is 2.91 bits per heavy atom. The number of nitrogens with one attached hydrogen (secondary N) is 1. The van der Waals surface area contributed by atoms with E-state index in [-0.39, 0.29) is 12.5 Å². The Kier molecular flexibility index (Phi) is 6.58. The summed E-state index contributed by atoms with van der Waals surface area (Å²) in [4.78, 5) is 22.7. The molecule has 22 heavy (non-hydrogen) atoms. The molecule has 1 aromatic heterocycles. The standard InChI is InChI=1S/C16H26N4O2/c1-3-22-12-16(21)20-7-4-5-13(6-8-20)9-14-10-19-15(17-2)11-18-14/h10-11,13H,3-9,12H2,1-2H3,(H,17,19). The van der Waals surface area contributed by atoms with Crippen LogP contribution in [0.25, 0.3) is 0 Å². The van der Waals surface area contributed by atoms with Gasteiger partial charge in [-0.1, -0.05) is 0 Å². The maximum Gasteiger partial charge on any atom is 0.248 e. The fraction of sp³-hybridized carbons (Fsp3) is 0.688. The van der Waals surface area contributed by atoms with E-state index in [0.717, 1.165) is 50.3 Å². The predicted molar refractivity (Wildman–Crippen MR) is 85.7 cm³/mol. The van der Waals surface area contributed by atoms with Crippen LogP contribution in [0.2, 0.25) is 0 Å². The van der Waals surface area contributed by atoms with Crippen molar-refractivity contribution in [3.05, 3.63) is 18.1 Å². The Morgan fingerprint density at radius 1 is 1.36 bits per heavy atom. The van der Waals surface area contributed by atoms with Crippen LogP contribution < -0.4 is 5.32 Å². The van der Waals surface area contributed by atoms with Crippen LogP contribution in [0.3, 0.4) is 0 Å². The third kappa shape index (κ3) is 4.94. The number of aromatic nitrogens is 2. The summed E-state index contributed by atoms with van der Waals surface area (Å²) >= 11 is 0. The monoisotopic (exact) mass is 306 g/mol. The third-order valence-electron chi connectivity index (χ3n) is 4.09. The van der Waals surface area contributed by atoms with Crippen LogP contribution >= 0.6 is 0 Å². The SMILES string of the molecule is CCOCC(=O)N1CCCC(Cc2cnc(NC)cn2)CC1. The number of amides is 1. The third-order valence-corrected chi connectivity index (χ3v) is 4.09. The Morgan fingerprint density at radius 2 is 2.23 bits per heavy atom. The van der Waals surface area contributed by atoms with Gasteiger partial charge >= 0.3 is 0 Å². The average Bonchev–Trinajstić information content (AvgIpc) is 2.79. The molecular formula is C16H26N4O2. The lowest BCUT2D eigenvalue weighted by Crippen LogP contribution is -2.35. The van der Waals surface area contributed by atoms with E-state index < -0.39 is 0 Å². The summed E-state index contributed by atoms with van der Waals surface area (Å²) in [6.07, 6.45) is 7.74. The molecule has 2 heterocycles. The van der Waals surface area contributed by atoms with E-state index in [2.05, 4.69) is 15.3 Å². The Labute approximate surface area is 132 Å². The molecule has 0 saturated carbocycles. The van der Waals surface area contributed by atoms with Crippen molar-refractivity contribution in [2.45, 2.75) is 32.6 Å². The van der Waals surface area contributed by atoms with Crippen molar-refractivity contribution < 1.29 is 9.53 Å². The molecule has 1 amide bonds. The molecule has 0 aliphatic carbocycles. The van der Waals surface area contributed by atoms with E-state index in [1.54, 1.807) is 6.20 Å². The smallest absolute Gasteiger partial charge is 0.248 e. The van der Waals surface area contributed by atoms with Crippen molar-refractivity contribution in [2.24, 2.45) is 5.92 Å². The van der Waals surface area contributed by atoms with Crippen LogP contribution in [0.15, 0.2) is 12.4 Å². The van der Waals surface area contributed by atoms with Crippen molar-refractivity contribution in [2.75, 3.05) is 38.7 Å². The predicted octanol–water partition coefficient (Wildman–Crippen LogP) is 1.73. The number of anilines is 1. The van der Waals surface area contributed by atoms with Gasteiger partial charge < -0.3 is 15.0 Å². The number of hydrogen-bond donors (Lipinski definition) is 1. The molecule has 1 N–H and O–H groups in total. The first-order chi connectivity index (χ1) is 10.7. The Bertz CT molecular complexity index is 464. The summed E-state index contributed by atoms with van der Waals surface area (Å²) in [5.74, 6) is 1.47. The quantitative estimate of drug-likeness (QED) is 0.867. The van der Waals surface area contributed by atoms with Gasteiger partial charge in [0.05, 0.1) is 18.1 Å². The largest absolute Gasteiger partial charge is 0.372 e. The molecule has 1 aliphatic heterocycles. The Hall–Kier alpha value is -1.69. The number of hydrogen-bond acceptors (Lipinski definition) is 5. The second-order valence-corrected chi connectivity index (χ2v) is 5.66. The lowest BCUT2D eigenvalue weighted by molar-refractivity contribution is -0.135. The minimum absolute atomic E-state index is 0.112. The zero-order valence-electron chi connectivity index (χ0n) is 13.5. The summed E-state index contributed by atoms with van der Waals surface area (Å²) in [6, 6.07) is 0. The molecule has 1 saturated heterocycles. The maximum absolute atomic E-state index is 12.0. The second-order valence-electron chi connectivity index (χ2n) is 5.66. The highest BCUT2D eigenvalue weighted by Crippen LogP contribution is 2.21. The van der Waals surface area contributed by atoms with Crippen LogP contribution in [-0.4, -0.2) is 54.1 Å². The van der Waals surface area contributed by atoms with Gasteiger partial charge in [0.25, 0.3) is 0 Å². The molecule has 1 atom stereocenters. The summed E-state index contributed by atoms with van der Waals surface area (Å²) in [5, 5.41) is 2.97. The summed E-state index contributed by atoms with van der Waals surface area (Å²) in [6.45, 7) is 4.36. The van der Waals surface area contributed by atoms with E-state index in [1.807, 2.05) is 25.1 Å². The highest BCUT2D eigenvalue weighted by Gasteiger charge is 2.21. The maximum atomic E-state index is 12.0. The van der Waals surface area contributed by atoms with Gasteiger partial charge in [-0.05, 0) is 38.5 Å². The first kappa shape index (κ1) is 16.7. The van der Waals surface area contributed by atoms with Crippen LogP contribution in [0.5, 0.6) is 0 Å². The molecule has 0 bridgehead atoms. The molecule has 1 aromatic rings. The highest BCUT2D eigenvalue weighted by molar-refractivity contribution is 5.77. The summed E-state index contributed by atoms with van der Waals surface area (Å²) in [7, 11) is 1.84. The van der Waals surface area contributed by atoms with E-state index in [0.29, 0.717) is 12.5 Å². The fourth-order valence-electron chi connectivity index (χ4n) is 2.78. The lowest BCUT2D eigenvalue weighted by atomic mass is 9.95. The van der Waals surface area contributed by atoms with Gasteiger partial charge in [-0.2, -0.15) is 0 Å². The van der Waals surface area contributed by atoms with Crippen molar-refractivity contribution in [3.63, 3.8) is 0 Å². The molecule has 0 radical (unpaired) electrons. The van der Waals surface area contributed by atoms with E-state index in [4.69, 9.17) is 4.74 Å². The Balaban J connectivity index is 1.83. The van der Waals surface area contributed by atoms with Crippen LogP contribution in [0.1, 0.15) is 31.9 Å². The van der Waals surface area contributed by atoms with E-state index in [1.165, 1.54) is 0 Å². The molecule has 0 spiro atoms.